The number of carbonyl (C=O) groups excluding carboxylic acids is 1. The molecule has 0 fully saturated rings. The number of amides is 1. The standard InChI is InChI=1S/C18H30N2O3/c1-13(2)11-15(20-17(21)23-18(3,4)5)12-19-14-7-9-16(22-6)10-8-14/h7-10,13,15,19H,11-12H2,1-6H3,(H,20,21)/t15-/m0/s1. The number of ether oxygens (including phenoxy) is 2. The first kappa shape index (κ1) is 19.1. The molecule has 0 unspecified atom stereocenters. The summed E-state index contributed by atoms with van der Waals surface area (Å²) in [5.41, 5.74) is 0.501. The van der Waals surface area contributed by atoms with Gasteiger partial charge in [-0.1, -0.05) is 13.8 Å². The highest BCUT2D eigenvalue weighted by molar-refractivity contribution is 5.68. The van der Waals surface area contributed by atoms with Crippen molar-refractivity contribution in [3.8, 4) is 5.75 Å². The fourth-order valence-corrected chi connectivity index (χ4v) is 2.19. The van der Waals surface area contributed by atoms with Crippen molar-refractivity contribution < 1.29 is 14.3 Å². The molecule has 1 aromatic rings. The minimum Gasteiger partial charge on any atom is -0.497 e. The molecule has 0 bridgehead atoms. The number of hydrogen-bond acceptors (Lipinski definition) is 4. The number of anilines is 1. The van der Waals surface area contributed by atoms with E-state index < -0.39 is 5.60 Å². The summed E-state index contributed by atoms with van der Waals surface area (Å²) in [5, 5.41) is 6.29. The van der Waals surface area contributed by atoms with E-state index in [1.807, 2.05) is 45.0 Å². The maximum Gasteiger partial charge on any atom is 0.407 e. The predicted octanol–water partition coefficient (Wildman–Crippen LogP) is 4.05. The van der Waals surface area contributed by atoms with Gasteiger partial charge in [-0.2, -0.15) is 0 Å². The second kappa shape index (κ2) is 8.65. The molecule has 0 spiro atoms. The molecule has 0 heterocycles. The molecule has 5 heteroatoms. The molecule has 1 aromatic carbocycles. The third kappa shape index (κ3) is 8.33. The Bertz CT molecular complexity index is 478. The topological polar surface area (TPSA) is 59.6 Å². The van der Waals surface area contributed by atoms with E-state index in [1.165, 1.54) is 0 Å². The molecule has 2 N–H and O–H groups in total. The first-order valence-electron chi connectivity index (χ1n) is 8.07. The summed E-state index contributed by atoms with van der Waals surface area (Å²) in [7, 11) is 1.64. The van der Waals surface area contributed by atoms with Gasteiger partial charge in [0.15, 0.2) is 0 Å². The lowest BCUT2D eigenvalue weighted by atomic mass is 10.0. The Kier molecular flexibility index (Phi) is 7.20. The number of rotatable bonds is 7. The number of nitrogens with one attached hydrogen (secondary N) is 2. The SMILES string of the molecule is COc1ccc(NC[C@H](CC(C)C)NC(=O)OC(C)(C)C)cc1. The summed E-state index contributed by atoms with van der Waals surface area (Å²) < 4.78 is 10.5. The second-order valence-electron chi connectivity index (χ2n) is 7.08. The monoisotopic (exact) mass is 322 g/mol. The first-order valence-corrected chi connectivity index (χ1v) is 8.07. The first-order chi connectivity index (χ1) is 10.7. The molecule has 1 atom stereocenters. The van der Waals surface area contributed by atoms with Crippen LogP contribution in [-0.4, -0.2) is 31.4 Å². The lowest BCUT2D eigenvalue weighted by Crippen LogP contribution is -2.43. The zero-order valence-corrected chi connectivity index (χ0v) is 15.1. The molecule has 5 nitrogen and oxygen atoms in total. The van der Waals surface area contributed by atoms with Crippen LogP contribution in [0, 0.1) is 5.92 Å². The van der Waals surface area contributed by atoms with Crippen molar-refractivity contribution in [3.05, 3.63) is 24.3 Å². The Balaban J connectivity index is 2.57. The van der Waals surface area contributed by atoms with Crippen LogP contribution in [0.2, 0.25) is 0 Å². The van der Waals surface area contributed by atoms with Gasteiger partial charge in [0.2, 0.25) is 0 Å². The quantitative estimate of drug-likeness (QED) is 0.795. The maximum atomic E-state index is 12.0. The van der Waals surface area contributed by atoms with Crippen molar-refractivity contribution in [3.63, 3.8) is 0 Å². The van der Waals surface area contributed by atoms with Crippen LogP contribution < -0.4 is 15.4 Å². The number of hydrogen-bond donors (Lipinski definition) is 2. The van der Waals surface area contributed by atoms with Gasteiger partial charge in [0.25, 0.3) is 0 Å². The summed E-state index contributed by atoms with van der Waals surface area (Å²) in [6.07, 6.45) is 0.502. The number of alkyl carbamates (subject to hydrolysis) is 1. The molecular weight excluding hydrogens is 292 g/mol. The highest BCUT2D eigenvalue weighted by Crippen LogP contribution is 2.16. The summed E-state index contributed by atoms with van der Waals surface area (Å²) in [4.78, 5) is 12.0. The molecule has 23 heavy (non-hydrogen) atoms. The average Bonchev–Trinajstić information content (AvgIpc) is 2.42. The molecule has 0 aliphatic rings. The fourth-order valence-electron chi connectivity index (χ4n) is 2.19. The zero-order valence-electron chi connectivity index (χ0n) is 15.1. The van der Waals surface area contributed by atoms with Gasteiger partial charge in [0.1, 0.15) is 11.4 Å². The molecule has 0 aliphatic heterocycles. The van der Waals surface area contributed by atoms with Crippen LogP contribution in [-0.2, 0) is 4.74 Å². The van der Waals surface area contributed by atoms with Crippen molar-refractivity contribution in [1.29, 1.82) is 0 Å². The summed E-state index contributed by atoms with van der Waals surface area (Å²) in [6.45, 7) is 10.5. The van der Waals surface area contributed by atoms with E-state index >= 15 is 0 Å². The Morgan fingerprint density at radius 3 is 2.26 bits per heavy atom. The van der Waals surface area contributed by atoms with Gasteiger partial charge < -0.3 is 20.1 Å². The molecule has 0 radical (unpaired) electrons. The van der Waals surface area contributed by atoms with Gasteiger partial charge in [-0.05, 0) is 57.4 Å². The van der Waals surface area contributed by atoms with E-state index in [1.54, 1.807) is 7.11 Å². The van der Waals surface area contributed by atoms with Crippen molar-refractivity contribution in [2.24, 2.45) is 5.92 Å². The Hall–Kier alpha value is -1.91. The highest BCUT2D eigenvalue weighted by atomic mass is 16.6. The number of benzene rings is 1. The third-order valence-corrected chi connectivity index (χ3v) is 3.12. The summed E-state index contributed by atoms with van der Waals surface area (Å²) >= 11 is 0. The van der Waals surface area contributed by atoms with E-state index in [0.29, 0.717) is 12.5 Å². The average molecular weight is 322 g/mol. The van der Waals surface area contributed by atoms with Gasteiger partial charge >= 0.3 is 6.09 Å². The van der Waals surface area contributed by atoms with Crippen molar-refractivity contribution in [2.75, 3.05) is 19.0 Å². The van der Waals surface area contributed by atoms with Crippen LogP contribution in [0.3, 0.4) is 0 Å². The van der Waals surface area contributed by atoms with E-state index in [2.05, 4.69) is 24.5 Å². The van der Waals surface area contributed by atoms with Crippen molar-refractivity contribution in [2.45, 2.75) is 52.7 Å². The second-order valence-corrected chi connectivity index (χ2v) is 7.08. The van der Waals surface area contributed by atoms with Crippen LogP contribution in [0.4, 0.5) is 10.5 Å². The van der Waals surface area contributed by atoms with Gasteiger partial charge in [-0.25, -0.2) is 4.79 Å². The van der Waals surface area contributed by atoms with Gasteiger partial charge in [-0.15, -0.1) is 0 Å². The van der Waals surface area contributed by atoms with Crippen molar-refractivity contribution >= 4 is 11.8 Å². The highest BCUT2D eigenvalue weighted by Gasteiger charge is 2.20. The Morgan fingerprint density at radius 2 is 1.78 bits per heavy atom. The van der Waals surface area contributed by atoms with Gasteiger partial charge in [0, 0.05) is 18.3 Å². The number of methoxy groups -OCH3 is 1. The van der Waals surface area contributed by atoms with E-state index in [-0.39, 0.29) is 12.1 Å². The molecule has 1 rings (SSSR count). The van der Waals surface area contributed by atoms with E-state index in [0.717, 1.165) is 17.9 Å². The van der Waals surface area contributed by atoms with Gasteiger partial charge in [-0.3, -0.25) is 0 Å². The third-order valence-electron chi connectivity index (χ3n) is 3.12. The van der Waals surface area contributed by atoms with Crippen LogP contribution in [0.5, 0.6) is 5.75 Å². The Labute approximate surface area is 139 Å². The largest absolute Gasteiger partial charge is 0.497 e. The normalized spacial score (nSPS) is 12.7. The minimum absolute atomic E-state index is 0.00644. The lowest BCUT2D eigenvalue weighted by molar-refractivity contribution is 0.0502. The predicted molar refractivity (Wildman–Crippen MR) is 94.1 cm³/mol. The van der Waals surface area contributed by atoms with Crippen LogP contribution in [0.15, 0.2) is 24.3 Å². The van der Waals surface area contributed by atoms with E-state index in [9.17, 15) is 4.79 Å². The van der Waals surface area contributed by atoms with Crippen LogP contribution >= 0.6 is 0 Å². The molecular formula is C18H30N2O3. The summed E-state index contributed by atoms with van der Waals surface area (Å²) in [6, 6.07) is 7.73. The van der Waals surface area contributed by atoms with E-state index in [4.69, 9.17) is 9.47 Å². The molecule has 0 aromatic heterocycles. The molecule has 0 saturated carbocycles. The zero-order chi connectivity index (χ0) is 17.5. The minimum atomic E-state index is -0.490. The van der Waals surface area contributed by atoms with Crippen LogP contribution in [0.25, 0.3) is 0 Å². The Morgan fingerprint density at radius 1 is 1.17 bits per heavy atom. The molecule has 0 saturated heterocycles. The fraction of sp³-hybridized carbons (Fsp3) is 0.611. The summed E-state index contributed by atoms with van der Waals surface area (Å²) in [5.74, 6) is 1.30. The molecule has 1 amide bonds. The van der Waals surface area contributed by atoms with Gasteiger partial charge in [0.05, 0.1) is 7.11 Å². The van der Waals surface area contributed by atoms with Crippen molar-refractivity contribution in [1.82, 2.24) is 5.32 Å². The molecule has 130 valence electrons. The molecule has 0 aliphatic carbocycles. The van der Waals surface area contributed by atoms with Crippen LogP contribution in [0.1, 0.15) is 41.0 Å². The smallest absolute Gasteiger partial charge is 0.407 e. The lowest BCUT2D eigenvalue weighted by Gasteiger charge is -2.25. The number of carbonyl (C=O) groups is 1. The maximum absolute atomic E-state index is 12.0.